The molecule has 1 aromatic carbocycles. The first-order chi connectivity index (χ1) is 12.7. The van der Waals surface area contributed by atoms with Crippen molar-refractivity contribution in [1.29, 1.82) is 0 Å². The average Bonchev–Trinajstić information content (AvgIpc) is 2.99. The van der Waals surface area contributed by atoms with Crippen LogP contribution in [0.3, 0.4) is 0 Å². The molecule has 0 aliphatic heterocycles. The van der Waals surface area contributed by atoms with Gasteiger partial charge in [0.25, 0.3) is 5.91 Å². The zero-order valence-corrected chi connectivity index (χ0v) is 15.4. The molecule has 3 amide bonds. The van der Waals surface area contributed by atoms with Crippen molar-refractivity contribution < 1.29 is 19.5 Å². The number of carboxylic acids is 1. The van der Waals surface area contributed by atoms with Crippen LogP contribution in [-0.4, -0.2) is 29.1 Å². The third-order valence-electron chi connectivity index (χ3n) is 3.79. The molecule has 0 radical (unpaired) electrons. The van der Waals surface area contributed by atoms with Gasteiger partial charge in [0, 0.05) is 4.88 Å². The Balaban J connectivity index is 2.27. The van der Waals surface area contributed by atoms with E-state index in [9.17, 15) is 14.4 Å². The van der Waals surface area contributed by atoms with Crippen LogP contribution >= 0.6 is 11.3 Å². The van der Waals surface area contributed by atoms with E-state index in [4.69, 9.17) is 22.3 Å². The van der Waals surface area contributed by atoms with Gasteiger partial charge in [-0.25, -0.2) is 4.79 Å². The Morgan fingerprint density at radius 1 is 1.26 bits per heavy atom. The number of aryl methyl sites for hydroxylation is 1. The van der Waals surface area contributed by atoms with Crippen LogP contribution in [0, 0.1) is 6.92 Å². The summed E-state index contributed by atoms with van der Waals surface area (Å²) in [5.74, 6) is -1.71. The molecule has 0 saturated carbocycles. The lowest BCUT2D eigenvalue weighted by atomic mass is 10.0. The fraction of sp³-hybridized carbons (Fsp3) is 0.167. The summed E-state index contributed by atoms with van der Waals surface area (Å²) in [6.45, 7) is 1.91. The van der Waals surface area contributed by atoms with Gasteiger partial charge in [0.1, 0.15) is 11.0 Å². The molecule has 1 heterocycles. The number of thiophene rings is 1. The van der Waals surface area contributed by atoms with Crippen molar-refractivity contribution in [2.45, 2.75) is 19.4 Å². The third kappa shape index (κ3) is 5.16. The number of carbonyl (C=O) groups is 3. The molecule has 1 aromatic heterocycles. The molecule has 0 aliphatic carbocycles. The minimum atomic E-state index is -1.05. The highest BCUT2D eigenvalue weighted by molar-refractivity contribution is 7.20. The number of aliphatic carboxylic acids is 1. The molecule has 2 aromatic rings. The number of amides is 3. The molecule has 2 rings (SSSR count). The summed E-state index contributed by atoms with van der Waals surface area (Å²) in [6.07, 6.45) is 3.75. The number of benzene rings is 1. The number of carboxylic acid groups (broad SMARTS) is 1. The first-order valence-electron chi connectivity index (χ1n) is 7.95. The van der Waals surface area contributed by atoms with E-state index in [-0.39, 0.29) is 12.0 Å². The van der Waals surface area contributed by atoms with Gasteiger partial charge in [-0.2, -0.15) is 0 Å². The van der Waals surface area contributed by atoms with Crippen LogP contribution in [0.2, 0.25) is 0 Å². The van der Waals surface area contributed by atoms with Gasteiger partial charge >= 0.3 is 12.0 Å². The van der Waals surface area contributed by atoms with Gasteiger partial charge in [-0.1, -0.05) is 30.4 Å². The SMILES string of the molecule is Cc1cc(-c2cc(C(N)=O)c(NC(N)=O)s2)ccc1C=CC[C@H](N)C(=O)O. The number of urea groups is 1. The second-order valence-electron chi connectivity index (χ2n) is 5.86. The Labute approximate surface area is 159 Å². The Morgan fingerprint density at radius 3 is 2.52 bits per heavy atom. The second kappa shape index (κ2) is 8.47. The molecule has 9 heteroatoms. The lowest BCUT2D eigenvalue weighted by Gasteiger charge is -2.05. The Bertz CT molecular complexity index is 920. The molecule has 27 heavy (non-hydrogen) atoms. The number of rotatable bonds is 7. The molecule has 8 nitrogen and oxygen atoms in total. The van der Waals surface area contributed by atoms with E-state index in [0.29, 0.717) is 5.00 Å². The summed E-state index contributed by atoms with van der Waals surface area (Å²) in [7, 11) is 0. The van der Waals surface area contributed by atoms with E-state index in [1.807, 2.05) is 31.2 Å². The van der Waals surface area contributed by atoms with Crippen molar-refractivity contribution in [3.63, 3.8) is 0 Å². The number of carbonyl (C=O) groups excluding carboxylic acids is 2. The minimum Gasteiger partial charge on any atom is -0.480 e. The number of nitrogens with one attached hydrogen (secondary N) is 1. The third-order valence-corrected chi connectivity index (χ3v) is 4.89. The number of primary amides is 2. The Hall–Kier alpha value is -3.17. The number of nitrogens with two attached hydrogens (primary N) is 3. The molecule has 0 saturated heterocycles. The van der Waals surface area contributed by atoms with Crippen LogP contribution in [0.25, 0.3) is 16.5 Å². The molecule has 0 bridgehead atoms. The maximum atomic E-state index is 11.6. The van der Waals surface area contributed by atoms with Crippen LogP contribution in [0.1, 0.15) is 27.9 Å². The van der Waals surface area contributed by atoms with Crippen LogP contribution in [0.4, 0.5) is 9.80 Å². The van der Waals surface area contributed by atoms with Crippen LogP contribution < -0.4 is 22.5 Å². The highest BCUT2D eigenvalue weighted by Gasteiger charge is 2.16. The number of anilines is 1. The van der Waals surface area contributed by atoms with Crippen molar-refractivity contribution in [2.75, 3.05) is 5.32 Å². The van der Waals surface area contributed by atoms with Gasteiger partial charge in [0.15, 0.2) is 0 Å². The Kier molecular flexibility index (Phi) is 6.32. The molecule has 0 unspecified atom stereocenters. The summed E-state index contributed by atoms with van der Waals surface area (Å²) in [5, 5.41) is 11.5. The van der Waals surface area contributed by atoms with Crippen LogP contribution in [-0.2, 0) is 4.79 Å². The minimum absolute atomic E-state index is 0.193. The molecule has 142 valence electrons. The molecule has 8 N–H and O–H groups in total. The lowest BCUT2D eigenvalue weighted by Crippen LogP contribution is -2.29. The maximum absolute atomic E-state index is 11.6. The van der Waals surface area contributed by atoms with E-state index >= 15 is 0 Å². The second-order valence-corrected chi connectivity index (χ2v) is 6.91. The van der Waals surface area contributed by atoms with Gasteiger partial charge in [0.2, 0.25) is 0 Å². The van der Waals surface area contributed by atoms with E-state index in [1.165, 1.54) is 11.3 Å². The van der Waals surface area contributed by atoms with Crippen LogP contribution in [0.5, 0.6) is 0 Å². The fourth-order valence-corrected chi connectivity index (χ4v) is 3.44. The number of hydrogen-bond acceptors (Lipinski definition) is 5. The topological polar surface area (TPSA) is 162 Å². The van der Waals surface area contributed by atoms with E-state index in [2.05, 4.69) is 5.32 Å². The van der Waals surface area contributed by atoms with Crippen molar-refractivity contribution in [2.24, 2.45) is 17.2 Å². The first-order valence-corrected chi connectivity index (χ1v) is 8.76. The molecule has 1 atom stereocenters. The van der Waals surface area contributed by atoms with Crippen LogP contribution in [0.15, 0.2) is 30.3 Å². The van der Waals surface area contributed by atoms with Gasteiger partial charge < -0.3 is 22.3 Å². The number of hydrogen-bond donors (Lipinski definition) is 5. The summed E-state index contributed by atoms with van der Waals surface area (Å²) in [6, 6.07) is 5.54. The van der Waals surface area contributed by atoms with E-state index in [0.717, 1.165) is 21.6 Å². The van der Waals surface area contributed by atoms with Gasteiger partial charge in [-0.05, 0) is 36.1 Å². The maximum Gasteiger partial charge on any atom is 0.320 e. The molecule has 0 aliphatic rings. The summed E-state index contributed by atoms with van der Waals surface area (Å²) >= 11 is 1.20. The largest absolute Gasteiger partial charge is 0.480 e. The van der Waals surface area contributed by atoms with Crippen molar-refractivity contribution in [3.8, 4) is 10.4 Å². The predicted molar refractivity (Wildman–Crippen MR) is 105 cm³/mol. The first kappa shape index (κ1) is 20.1. The zero-order chi connectivity index (χ0) is 20.1. The molecular formula is C18H20N4O4S. The van der Waals surface area contributed by atoms with E-state index in [1.54, 1.807) is 12.1 Å². The van der Waals surface area contributed by atoms with Crippen molar-refractivity contribution >= 4 is 40.3 Å². The Morgan fingerprint density at radius 2 is 1.96 bits per heavy atom. The van der Waals surface area contributed by atoms with Gasteiger partial charge in [0.05, 0.1) is 5.56 Å². The normalized spacial score (nSPS) is 12.1. The standard InChI is InChI=1S/C18H20N4O4S/c1-9-7-11(6-5-10(9)3-2-4-13(19)17(24)25)14-8-12(15(20)23)16(27-14)22-18(21)26/h2-3,5-8,13H,4,19H2,1H3,(H2,20,23)(H,24,25)(H3,21,22,26)/t13-/m0/s1. The molecule has 0 spiro atoms. The van der Waals surface area contributed by atoms with Crippen molar-refractivity contribution in [3.05, 3.63) is 47.0 Å². The van der Waals surface area contributed by atoms with E-state index < -0.39 is 23.9 Å². The summed E-state index contributed by atoms with van der Waals surface area (Å²) in [5.41, 5.74) is 18.8. The molecular weight excluding hydrogens is 368 g/mol. The highest BCUT2D eigenvalue weighted by Crippen LogP contribution is 2.36. The quantitative estimate of drug-likeness (QED) is 0.490. The fourth-order valence-electron chi connectivity index (χ4n) is 2.38. The van der Waals surface area contributed by atoms with Gasteiger partial charge in [-0.15, -0.1) is 11.3 Å². The lowest BCUT2D eigenvalue weighted by molar-refractivity contribution is -0.138. The zero-order valence-electron chi connectivity index (χ0n) is 14.6. The average molecular weight is 388 g/mol. The predicted octanol–water partition coefficient (Wildman–Crippen LogP) is 2.13. The van der Waals surface area contributed by atoms with Crippen molar-refractivity contribution in [1.82, 2.24) is 0 Å². The highest BCUT2D eigenvalue weighted by atomic mass is 32.1. The van der Waals surface area contributed by atoms with Gasteiger partial charge in [-0.3, -0.25) is 14.9 Å². The molecule has 0 fully saturated rings. The monoisotopic (exact) mass is 388 g/mol. The summed E-state index contributed by atoms with van der Waals surface area (Å²) < 4.78 is 0. The smallest absolute Gasteiger partial charge is 0.320 e. The summed E-state index contributed by atoms with van der Waals surface area (Å²) in [4.78, 5) is 34.1.